The van der Waals surface area contributed by atoms with E-state index in [0.29, 0.717) is 0 Å². The van der Waals surface area contributed by atoms with Crippen molar-refractivity contribution in [2.24, 2.45) is 5.10 Å². The molecule has 2 nitrogen and oxygen atoms in total. The lowest BCUT2D eigenvalue weighted by atomic mass is 9.98. The molecule has 0 spiro atoms. The molecule has 1 aliphatic carbocycles. The van der Waals surface area contributed by atoms with Crippen LogP contribution in [0.5, 0.6) is 0 Å². The zero-order chi connectivity index (χ0) is 9.84. The van der Waals surface area contributed by atoms with Gasteiger partial charge in [-0.05, 0) is 18.1 Å². The van der Waals surface area contributed by atoms with Crippen LogP contribution in [0.2, 0.25) is 0 Å². The maximum absolute atomic E-state index is 4.40. The number of fused-ring (bicyclic) bond motifs is 1. The van der Waals surface area contributed by atoms with Gasteiger partial charge in [-0.1, -0.05) is 26.0 Å². The molecule has 2 rings (SSSR count). The number of rotatable bonds is 0. The van der Waals surface area contributed by atoms with Crippen molar-refractivity contribution < 1.29 is 0 Å². The van der Waals surface area contributed by atoms with Crippen molar-refractivity contribution in [3.8, 4) is 0 Å². The summed E-state index contributed by atoms with van der Waals surface area (Å²) in [6.45, 7) is 7.14. The molecule has 72 valence electrons. The van der Waals surface area contributed by atoms with Crippen LogP contribution in [-0.4, -0.2) is 24.3 Å². The molecule has 0 radical (unpaired) electrons. The molecule has 0 amide bonds. The molecule has 0 saturated carbocycles. The van der Waals surface area contributed by atoms with Gasteiger partial charge in [0.2, 0.25) is 0 Å². The second-order valence-electron chi connectivity index (χ2n) is 3.13. The molecule has 2 heteroatoms. The molecule has 1 heterocycles. The number of nitrogens with zero attached hydrogens (tertiary/aromatic N) is 2. The minimum Gasteiger partial charge on any atom is -0.295 e. The van der Waals surface area contributed by atoms with Crippen LogP contribution in [0.1, 0.15) is 27.2 Å². The van der Waals surface area contributed by atoms with Crippen LogP contribution in [-0.2, 0) is 0 Å². The van der Waals surface area contributed by atoms with Crippen molar-refractivity contribution in [3.05, 3.63) is 23.3 Å². The predicted molar refractivity (Wildman–Crippen MR) is 57.9 cm³/mol. The van der Waals surface area contributed by atoms with Crippen LogP contribution in [0.25, 0.3) is 0 Å². The van der Waals surface area contributed by atoms with Gasteiger partial charge in [0, 0.05) is 13.5 Å². The number of hydrazone groups is 1. The van der Waals surface area contributed by atoms with Gasteiger partial charge in [0.15, 0.2) is 0 Å². The van der Waals surface area contributed by atoms with E-state index in [-0.39, 0.29) is 0 Å². The highest BCUT2D eigenvalue weighted by atomic mass is 15.5. The van der Waals surface area contributed by atoms with Gasteiger partial charge in [-0.3, -0.25) is 5.01 Å². The van der Waals surface area contributed by atoms with Gasteiger partial charge in [-0.15, -0.1) is 0 Å². The van der Waals surface area contributed by atoms with Crippen LogP contribution in [0.15, 0.2) is 28.4 Å². The number of hydrogen-bond donors (Lipinski definition) is 0. The molecular formula is C11H18N2. The Bertz CT molecular complexity index is 272. The number of likely N-dealkylation sites (N-methyl/N-ethyl adjacent to an activating group) is 1. The monoisotopic (exact) mass is 178 g/mol. The number of hydrogen-bond acceptors (Lipinski definition) is 2. The smallest absolute Gasteiger partial charge is 0.0696 e. The second-order valence-corrected chi connectivity index (χ2v) is 3.13. The molecule has 0 fully saturated rings. The molecular weight excluding hydrogens is 160 g/mol. The third-order valence-electron chi connectivity index (χ3n) is 2.18. The fraction of sp³-hybridized carbons (Fsp3) is 0.545. The average Bonchev–Trinajstić information content (AvgIpc) is 2.51. The molecule has 1 aliphatic heterocycles. The van der Waals surface area contributed by atoms with Crippen LogP contribution in [0, 0.1) is 0 Å². The molecule has 0 aromatic rings. The highest BCUT2D eigenvalue weighted by Crippen LogP contribution is 2.22. The first kappa shape index (κ1) is 10.0. The van der Waals surface area contributed by atoms with Crippen molar-refractivity contribution in [3.63, 3.8) is 0 Å². The molecule has 0 bridgehead atoms. The maximum atomic E-state index is 4.40. The second kappa shape index (κ2) is 4.26. The van der Waals surface area contributed by atoms with Gasteiger partial charge in [0.05, 0.1) is 12.3 Å². The topological polar surface area (TPSA) is 15.6 Å². The Labute approximate surface area is 80.6 Å². The third-order valence-corrected chi connectivity index (χ3v) is 2.18. The quantitative estimate of drug-likeness (QED) is 0.556. The van der Waals surface area contributed by atoms with Crippen LogP contribution in [0.4, 0.5) is 0 Å². The first-order valence-electron chi connectivity index (χ1n) is 4.92. The van der Waals surface area contributed by atoms with E-state index >= 15 is 0 Å². The lowest BCUT2D eigenvalue weighted by molar-refractivity contribution is 0.409. The van der Waals surface area contributed by atoms with Gasteiger partial charge in [0.25, 0.3) is 0 Å². The summed E-state index contributed by atoms with van der Waals surface area (Å²) in [6.07, 6.45) is 5.38. The highest BCUT2D eigenvalue weighted by Gasteiger charge is 2.19. The fourth-order valence-corrected chi connectivity index (χ4v) is 1.59. The normalized spacial score (nSPS) is 19.4. The Balaban J connectivity index is 0.000000396. The summed E-state index contributed by atoms with van der Waals surface area (Å²) >= 11 is 0. The van der Waals surface area contributed by atoms with E-state index in [9.17, 15) is 0 Å². The summed E-state index contributed by atoms with van der Waals surface area (Å²) in [5, 5.41) is 6.40. The molecule has 0 atom stereocenters. The zero-order valence-electron chi connectivity index (χ0n) is 8.96. The van der Waals surface area contributed by atoms with E-state index in [2.05, 4.69) is 24.2 Å². The van der Waals surface area contributed by atoms with Crippen LogP contribution in [0.3, 0.4) is 0 Å². The molecule has 2 aliphatic rings. The van der Waals surface area contributed by atoms with Crippen LogP contribution >= 0.6 is 0 Å². The van der Waals surface area contributed by atoms with Crippen molar-refractivity contribution >= 4 is 5.71 Å². The molecule has 0 N–H and O–H groups in total. The van der Waals surface area contributed by atoms with E-state index in [1.807, 2.05) is 25.9 Å². The van der Waals surface area contributed by atoms with E-state index in [1.165, 1.54) is 16.9 Å². The van der Waals surface area contributed by atoms with Gasteiger partial charge < -0.3 is 0 Å². The first-order valence-corrected chi connectivity index (χ1v) is 4.92. The number of allylic oxidation sites excluding steroid dienone is 3. The predicted octanol–water partition coefficient (Wildman–Crippen LogP) is 2.59. The van der Waals surface area contributed by atoms with Crippen LogP contribution < -0.4 is 0 Å². The largest absolute Gasteiger partial charge is 0.295 e. The Kier molecular flexibility index (Phi) is 3.29. The minimum atomic E-state index is 0.992. The van der Waals surface area contributed by atoms with Crippen molar-refractivity contribution in [2.75, 3.05) is 13.6 Å². The van der Waals surface area contributed by atoms with E-state index < -0.39 is 0 Å². The zero-order valence-corrected chi connectivity index (χ0v) is 8.96. The standard InChI is InChI=1S/C9H12N2.C2H6/c1-7-4-3-5-9-8(7)6-11(2)10-9;1-2/h3-4H,5-6H2,1-2H3;1-2H3. The van der Waals surface area contributed by atoms with Gasteiger partial charge in [-0.2, -0.15) is 5.10 Å². The average molecular weight is 178 g/mol. The van der Waals surface area contributed by atoms with E-state index in [4.69, 9.17) is 0 Å². The molecule has 13 heavy (non-hydrogen) atoms. The molecule has 0 aromatic heterocycles. The third kappa shape index (κ3) is 2.00. The Morgan fingerprint density at radius 2 is 2.08 bits per heavy atom. The summed E-state index contributed by atoms with van der Waals surface area (Å²) in [7, 11) is 2.02. The van der Waals surface area contributed by atoms with E-state index in [1.54, 1.807) is 0 Å². The van der Waals surface area contributed by atoms with Gasteiger partial charge >= 0.3 is 0 Å². The van der Waals surface area contributed by atoms with Crippen molar-refractivity contribution in [2.45, 2.75) is 27.2 Å². The summed E-state index contributed by atoms with van der Waals surface area (Å²) in [6, 6.07) is 0. The van der Waals surface area contributed by atoms with Crippen molar-refractivity contribution in [1.29, 1.82) is 0 Å². The van der Waals surface area contributed by atoms with E-state index in [0.717, 1.165) is 13.0 Å². The minimum absolute atomic E-state index is 0.992. The first-order chi connectivity index (χ1) is 6.27. The SMILES string of the molecule is CC.CC1=C2CN(C)N=C2CC=C1. The lowest BCUT2D eigenvalue weighted by Gasteiger charge is -2.08. The van der Waals surface area contributed by atoms with Gasteiger partial charge in [0.1, 0.15) is 0 Å². The summed E-state index contributed by atoms with van der Waals surface area (Å²) in [5.41, 5.74) is 4.06. The summed E-state index contributed by atoms with van der Waals surface area (Å²) in [4.78, 5) is 0. The molecule has 0 saturated heterocycles. The maximum Gasteiger partial charge on any atom is 0.0696 e. The fourth-order valence-electron chi connectivity index (χ4n) is 1.59. The van der Waals surface area contributed by atoms with Crippen molar-refractivity contribution in [1.82, 2.24) is 5.01 Å². The molecule has 0 unspecified atom stereocenters. The molecule has 0 aromatic carbocycles. The Morgan fingerprint density at radius 3 is 2.69 bits per heavy atom. The Morgan fingerprint density at radius 1 is 1.38 bits per heavy atom. The van der Waals surface area contributed by atoms with Gasteiger partial charge in [-0.25, -0.2) is 0 Å². The Hall–Kier alpha value is -1.05. The lowest BCUT2D eigenvalue weighted by Crippen LogP contribution is -2.09. The summed E-state index contributed by atoms with van der Waals surface area (Å²) < 4.78 is 0. The highest BCUT2D eigenvalue weighted by molar-refractivity contribution is 6.04. The summed E-state index contributed by atoms with van der Waals surface area (Å²) in [5.74, 6) is 0.